The van der Waals surface area contributed by atoms with Gasteiger partial charge >= 0.3 is 0 Å². The van der Waals surface area contributed by atoms with Crippen molar-refractivity contribution in [2.75, 3.05) is 13.6 Å². The molecule has 1 saturated carbocycles. The highest BCUT2D eigenvalue weighted by Gasteiger charge is 2.39. The lowest BCUT2D eigenvalue weighted by Crippen LogP contribution is -2.43. The lowest BCUT2D eigenvalue weighted by atomic mass is 9.97. The Balaban J connectivity index is 1.71. The molecule has 1 aromatic carbocycles. The first-order valence-electron chi connectivity index (χ1n) is 7.38. The molecule has 2 N–H and O–H groups in total. The summed E-state index contributed by atoms with van der Waals surface area (Å²) in [6, 6.07) is 2.31. The van der Waals surface area contributed by atoms with Gasteiger partial charge in [-0.25, -0.2) is 8.78 Å². The van der Waals surface area contributed by atoms with Crippen LogP contribution in [0.3, 0.4) is 0 Å². The summed E-state index contributed by atoms with van der Waals surface area (Å²) in [6.45, 7) is 0.488. The molecule has 3 atom stereocenters. The number of benzene rings is 1. The minimum Gasteiger partial charge on any atom is -0.340 e. The smallest absolute Gasteiger partial charge is 0.255 e. The van der Waals surface area contributed by atoms with Crippen molar-refractivity contribution in [3.05, 3.63) is 34.4 Å². The zero-order valence-corrected chi connectivity index (χ0v) is 13.0. The number of likely N-dealkylation sites (N-methyl/N-ethyl adjacent to an activating group) is 1. The molecule has 1 saturated heterocycles. The van der Waals surface area contributed by atoms with E-state index in [9.17, 15) is 13.6 Å². The quantitative estimate of drug-likeness (QED) is 0.837. The molecule has 4 nitrogen and oxygen atoms in total. The van der Waals surface area contributed by atoms with Crippen molar-refractivity contribution < 1.29 is 13.6 Å². The van der Waals surface area contributed by atoms with Crippen LogP contribution in [0.1, 0.15) is 29.6 Å². The van der Waals surface area contributed by atoms with Gasteiger partial charge in [0.2, 0.25) is 0 Å². The van der Waals surface area contributed by atoms with Gasteiger partial charge < -0.3 is 4.90 Å². The number of nitrogens with zero attached hydrogens (tertiary/aromatic N) is 1. The van der Waals surface area contributed by atoms with Crippen LogP contribution < -0.4 is 10.9 Å². The number of hydrazine groups is 1. The Bertz CT molecular complexity index is 598. The zero-order chi connectivity index (χ0) is 15.9. The maximum absolute atomic E-state index is 13.3. The summed E-state index contributed by atoms with van der Waals surface area (Å²) in [4.78, 5) is 13.9. The van der Waals surface area contributed by atoms with E-state index in [1.807, 2.05) is 0 Å². The molecule has 7 heteroatoms. The summed E-state index contributed by atoms with van der Waals surface area (Å²) in [5.74, 6) is -2.04. The summed E-state index contributed by atoms with van der Waals surface area (Å²) in [5.41, 5.74) is 6.46. The second kappa shape index (κ2) is 6.10. The Morgan fingerprint density at radius 3 is 2.82 bits per heavy atom. The van der Waals surface area contributed by atoms with Gasteiger partial charge in [-0.2, -0.15) is 0 Å². The zero-order valence-electron chi connectivity index (χ0n) is 12.2. The van der Waals surface area contributed by atoms with Crippen molar-refractivity contribution in [1.29, 1.82) is 0 Å². The number of halogens is 3. The van der Waals surface area contributed by atoms with Crippen LogP contribution in [-0.4, -0.2) is 36.5 Å². The van der Waals surface area contributed by atoms with Crippen LogP contribution in [0.25, 0.3) is 0 Å². The fourth-order valence-corrected chi connectivity index (χ4v) is 3.65. The van der Waals surface area contributed by atoms with Crippen LogP contribution in [0.4, 0.5) is 8.78 Å². The Morgan fingerprint density at radius 2 is 2.05 bits per heavy atom. The monoisotopic (exact) mass is 329 g/mol. The van der Waals surface area contributed by atoms with E-state index < -0.39 is 17.5 Å². The molecule has 3 unspecified atom stereocenters. The Hall–Kier alpha value is -1.24. The number of fused-ring (bicyclic) bond motifs is 1. The van der Waals surface area contributed by atoms with Crippen molar-refractivity contribution in [2.24, 2.45) is 5.92 Å². The fraction of sp³-hybridized carbons (Fsp3) is 0.533. The van der Waals surface area contributed by atoms with Crippen molar-refractivity contribution in [1.82, 2.24) is 15.8 Å². The van der Waals surface area contributed by atoms with Gasteiger partial charge in [-0.15, -0.1) is 0 Å². The number of hydrogen-bond donors (Lipinski definition) is 2. The van der Waals surface area contributed by atoms with Gasteiger partial charge in [-0.3, -0.25) is 15.6 Å². The number of nitrogens with one attached hydrogen (secondary N) is 2. The number of rotatable bonds is 3. The van der Waals surface area contributed by atoms with Gasteiger partial charge in [0.05, 0.1) is 10.6 Å². The van der Waals surface area contributed by atoms with Crippen LogP contribution in [0.2, 0.25) is 5.02 Å². The average Bonchev–Trinajstić information content (AvgIpc) is 3.07. The third kappa shape index (κ3) is 2.83. The number of hydrogen-bond acceptors (Lipinski definition) is 3. The van der Waals surface area contributed by atoms with Gasteiger partial charge in [0.25, 0.3) is 5.91 Å². The Labute approximate surface area is 132 Å². The first kappa shape index (κ1) is 15.6. The second-order valence-electron chi connectivity index (χ2n) is 6.03. The van der Waals surface area contributed by atoms with Crippen molar-refractivity contribution >= 4 is 17.5 Å². The molecule has 3 rings (SSSR count). The molecule has 0 bridgehead atoms. The van der Waals surface area contributed by atoms with Crippen LogP contribution in [-0.2, 0) is 0 Å². The Morgan fingerprint density at radius 1 is 1.32 bits per heavy atom. The molecule has 1 aromatic rings. The van der Waals surface area contributed by atoms with E-state index in [1.165, 1.54) is 11.3 Å². The van der Waals surface area contributed by atoms with E-state index in [1.54, 1.807) is 7.05 Å². The normalized spacial score (nSPS) is 27.0. The van der Waals surface area contributed by atoms with E-state index in [4.69, 9.17) is 11.6 Å². The van der Waals surface area contributed by atoms with E-state index in [0.717, 1.165) is 25.0 Å². The summed E-state index contributed by atoms with van der Waals surface area (Å²) >= 11 is 5.86. The summed E-state index contributed by atoms with van der Waals surface area (Å²) in [7, 11) is 1.64. The Kier molecular flexibility index (Phi) is 4.34. The molecular weight excluding hydrogens is 312 g/mol. The molecule has 2 fully saturated rings. The SMILES string of the molecule is CN(CC1NNC2CCCC21)C(=O)c1cc(F)c(F)cc1Cl. The molecule has 1 amide bonds. The molecule has 0 spiro atoms. The molecule has 120 valence electrons. The second-order valence-corrected chi connectivity index (χ2v) is 6.44. The predicted octanol–water partition coefficient (Wildman–Crippen LogP) is 2.34. The van der Waals surface area contributed by atoms with Crippen molar-refractivity contribution in [3.63, 3.8) is 0 Å². The van der Waals surface area contributed by atoms with Gasteiger partial charge in [-0.1, -0.05) is 18.0 Å². The molecule has 1 aliphatic carbocycles. The van der Waals surface area contributed by atoms with Crippen LogP contribution in [0.15, 0.2) is 12.1 Å². The fourth-order valence-electron chi connectivity index (χ4n) is 3.42. The topological polar surface area (TPSA) is 44.4 Å². The molecular formula is C15H18ClF2N3O. The number of amides is 1. The standard InChI is InChI=1S/C15H18ClF2N3O/c1-21(7-14-8-3-2-4-13(8)19-20-14)15(22)9-5-11(17)12(18)6-10(9)16/h5-6,8,13-14,19-20H,2-4,7H2,1H3. The first-order chi connectivity index (χ1) is 10.5. The maximum atomic E-state index is 13.3. The minimum absolute atomic E-state index is 0.0167. The lowest BCUT2D eigenvalue weighted by molar-refractivity contribution is 0.0775. The molecule has 2 aliphatic rings. The van der Waals surface area contributed by atoms with Crippen LogP contribution >= 0.6 is 11.6 Å². The lowest BCUT2D eigenvalue weighted by Gasteiger charge is -2.24. The number of carbonyl (C=O) groups excluding carboxylic acids is 1. The van der Waals surface area contributed by atoms with E-state index in [0.29, 0.717) is 18.5 Å². The van der Waals surface area contributed by atoms with E-state index >= 15 is 0 Å². The molecule has 22 heavy (non-hydrogen) atoms. The van der Waals surface area contributed by atoms with Gasteiger partial charge in [0.1, 0.15) is 0 Å². The predicted molar refractivity (Wildman–Crippen MR) is 79.5 cm³/mol. The third-order valence-electron chi connectivity index (χ3n) is 4.60. The third-order valence-corrected chi connectivity index (χ3v) is 4.91. The van der Waals surface area contributed by atoms with Gasteiger partial charge in [0.15, 0.2) is 11.6 Å². The highest BCUT2D eigenvalue weighted by Crippen LogP contribution is 2.32. The molecule has 0 radical (unpaired) electrons. The summed E-state index contributed by atoms with van der Waals surface area (Å²) in [5, 5.41) is -0.0769. The highest BCUT2D eigenvalue weighted by atomic mass is 35.5. The summed E-state index contributed by atoms with van der Waals surface area (Å²) < 4.78 is 26.4. The van der Waals surface area contributed by atoms with Crippen molar-refractivity contribution in [3.8, 4) is 0 Å². The van der Waals surface area contributed by atoms with Crippen LogP contribution in [0.5, 0.6) is 0 Å². The van der Waals surface area contributed by atoms with Crippen LogP contribution in [0, 0.1) is 17.6 Å². The maximum Gasteiger partial charge on any atom is 0.255 e. The molecule has 1 aliphatic heterocycles. The van der Waals surface area contributed by atoms with E-state index in [-0.39, 0.29) is 16.6 Å². The van der Waals surface area contributed by atoms with Crippen molar-refractivity contribution in [2.45, 2.75) is 31.3 Å². The van der Waals surface area contributed by atoms with Gasteiger partial charge in [0, 0.05) is 25.7 Å². The highest BCUT2D eigenvalue weighted by molar-refractivity contribution is 6.33. The summed E-state index contributed by atoms with van der Waals surface area (Å²) in [6.07, 6.45) is 3.46. The average molecular weight is 330 g/mol. The van der Waals surface area contributed by atoms with E-state index in [2.05, 4.69) is 10.9 Å². The van der Waals surface area contributed by atoms with Gasteiger partial charge in [-0.05, 0) is 30.9 Å². The largest absolute Gasteiger partial charge is 0.340 e. The molecule has 1 heterocycles. The molecule has 0 aromatic heterocycles. The first-order valence-corrected chi connectivity index (χ1v) is 7.76. The minimum atomic E-state index is -1.07. The number of carbonyl (C=O) groups is 1.